The van der Waals surface area contributed by atoms with Crippen LogP contribution in [0.1, 0.15) is 58.6 Å². The number of halogens is 2. The molecule has 16 heteroatoms. The monoisotopic (exact) mass is 682 g/mol. The quantitative estimate of drug-likeness (QED) is 0.180. The summed E-state index contributed by atoms with van der Waals surface area (Å²) in [5, 5.41) is 19.0. The van der Waals surface area contributed by atoms with Crippen molar-refractivity contribution >= 4 is 57.9 Å². The van der Waals surface area contributed by atoms with Crippen LogP contribution in [0.4, 0.5) is 20.7 Å². The SMILES string of the molecule is NC(=O)c1ccc(-c2cc(N3CCC[C@@H](NC(=O)c4sc(Cl)cc4OC4CC5(CC(NC(=O)O)C5)C4)C3)c3c(N)ncnn23)cc1F. The smallest absolute Gasteiger partial charge is 0.404 e. The van der Waals surface area contributed by atoms with E-state index in [9.17, 15) is 18.8 Å². The highest BCUT2D eigenvalue weighted by molar-refractivity contribution is 7.18. The second kappa shape index (κ2) is 11.9. The number of hydrogen-bond acceptors (Lipinski definition) is 9. The molecule has 1 spiro atoms. The number of anilines is 2. The molecule has 0 bridgehead atoms. The first-order valence-electron chi connectivity index (χ1n) is 15.2. The lowest BCUT2D eigenvalue weighted by Crippen LogP contribution is -2.58. The number of thiophene rings is 1. The maximum atomic E-state index is 14.7. The molecule has 7 rings (SSSR count). The molecule has 0 unspecified atom stereocenters. The van der Waals surface area contributed by atoms with Gasteiger partial charge in [-0.1, -0.05) is 17.7 Å². The van der Waals surface area contributed by atoms with Crippen molar-refractivity contribution in [2.75, 3.05) is 23.7 Å². The summed E-state index contributed by atoms with van der Waals surface area (Å²) in [5.41, 5.74) is 13.8. The molecule has 1 aliphatic heterocycles. The van der Waals surface area contributed by atoms with Gasteiger partial charge in [-0.05, 0) is 62.1 Å². The second-order valence-electron chi connectivity index (χ2n) is 12.6. The van der Waals surface area contributed by atoms with Crippen molar-refractivity contribution in [2.45, 2.75) is 56.7 Å². The first-order chi connectivity index (χ1) is 22.5. The number of hydrogen-bond donors (Lipinski definition) is 5. The van der Waals surface area contributed by atoms with E-state index in [0.29, 0.717) is 44.8 Å². The lowest BCUT2D eigenvalue weighted by atomic mass is 9.53. The van der Waals surface area contributed by atoms with Crippen LogP contribution in [0.25, 0.3) is 16.8 Å². The number of primary amides is 1. The number of amides is 3. The van der Waals surface area contributed by atoms with Gasteiger partial charge >= 0.3 is 6.09 Å². The van der Waals surface area contributed by atoms with E-state index in [0.717, 1.165) is 55.5 Å². The molecule has 3 amide bonds. The summed E-state index contributed by atoms with van der Waals surface area (Å²) in [6, 6.07) is 7.47. The molecule has 3 fully saturated rings. The molecule has 2 saturated carbocycles. The van der Waals surface area contributed by atoms with Crippen molar-refractivity contribution in [3.05, 3.63) is 57.3 Å². The number of benzene rings is 1. The number of rotatable bonds is 8. The molecule has 0 radical (unpaired) electrons. The molecule has 1 atom stereocenters. The highest BCUT2D eigenvalue weighted by atomic mass is 35.5. The van der Waals surface area contributed by atoms with Crippen LogP contribution in [0, 0.1) is 11.2 Å². The summed E-state index contributed by atoms with van der Waals surface area (Å²) in [6.07, 6.45) is 4.98. The molecule has 246 valence electrons. The van der Waals surface area contributed by atoms with Gasteiger partial charge in [0.1, 0.15) is 28.3 Å². The first-order valence-corrected chi connectivity index (χ1v) is 16.4. The van der Waals surface area contributed by atoms with Crippen LogP contribution >= 0.6 is 22.9 Å². The summed E-state index contributed by atoms with van der Waals surface area (Å²) in [4.78, 5) is 42.7. The Labute approximate surface area is 277 Å². The standard InChI is InChI=1S/C31H32ClFN8O5S/c32-24-8-23(46-18-11-31(12-18)9-17(10-31)39-30(44)45)26(47-24)29(43)38-16-2-1-5-40(13-16)22-7-21(41-25(22)27(34)36-14-37-41)15-3-4-19(28(35)42)20(33)6-15/h3-4,6-8,14,16-18,39H,1-2,5,9-13H2,(H2,35,42)(H,38,43)(H,44,45)(H2,34,36,37)/t16-,17?,18?,31?/m1/s1. The van der Waals surface area contributed by atoms with E-state index < -0.39 is 17.8 Å². The Bertz CT molecular complexity index is 1900. The Kier molecular flexibility index (Phi) is 7.83. The number of nitrogen functional groups attached to an aromatic ring is 1. The number of nitrogens with zero attached hydrogens (tertiary/aromatic N) is 4. The number of aromatic nitrogens is 3. The number of carbonyl (C=O) groups is 3. The predicted octanol–water partition coefficient (Wildman–Crippen LogP) is 4.29. The second-order valence-corrected chi connectivity index (χ2v) is 14.3. The fourth-order valence-electron chi connectivity index (χ4n) is 7.29. The number of piperidine rings is 1. The summed E-state index contributed by atoms with van der Waals surface area (Å²) >= 11 is 7.50. The highest BCUT2D eigenvalue weighted by Gasteiger charge is 2.54. The maximum Gasteiger partial charge on any atom is 0.404 e. The van der Waals surface area contributed by atoms with Gasteiger partial charge in [0.25, 0.3) is 11.8 Å². The topological polar surface area (TPSA) is 190 Å². The van der Waals surface area contributed by atoms with Gasteiger partial charge in [-0.25, -0.2) is 18.7 Å². The van der Waals surface area contributed by atoms with Crippen LogP contribution in [-0.2, 0) is 0 Å². The lowest BCUT2D eigenvalue weighted by molar-refractivity contribution is -0.0836. The van der Waals surface area contributed by atoms with Crippen LogP contribution in [0.15, 0.2) is 36.7 Å². The first kappa shape index (κ1) is 31.0. The molecular weight excluding hydrogens is 651 g/mol. The number of nitrogens with two attached hydrogens (primary N) is 2. The van der Waals surface area contributed by atoms with Crippen molar-refractivity contribution in [1.82, 2.24) is 25.2 Å². The van der Waals surface area contributed by atoms with E-state index in [-0.39, 0.29) is 40.9 Å². The van der Waals surface area contributed by atoms with Crippen LogP contribution < -0.4 is 31.7 Å². The minimum absolute atomic E-state index is 0.0150. The highest BCUT2D eigenvalue weighted by Crippen LogP contribution is 2.57. The Morgan fingerprint density at radius 3 is 2.64 bits per heavy atom. The zero-order valence-electron chi connectivity index (χ0n) is 25.0. The van der Waals surface area contributed by atoms with E-state index in [1.54, 1.807) is 16.6 Å². The minimum Gasteiger partial charge on any atom is -0.489 e. The molecule has 13 nitrogen and oxygen atoms in total. The normalized spacial score (nSPS) is 23.6. The molecule has 4 heterocycles. The minimum atomic E-state index is -1.00. The molecule has 1 aromatic carbocycles. The Hall–Kier alpha value is -4.63. The molecule has 7 N–H and O–H groups in total. The van der Waals surface area contributed by atoms with Gasteiger partial charge in [0.2, 0.25) is 0 Å². The van der Waals surface area contributed by atoms with Crippen LogP contribution in [0.2, 0.25) is 4.34 Å². The summed E-state index contributed by atoms with van der Waals surface area (Å²) in [6.45, 7) is 1.15. The fraction of sp³-hybridized carbons (Fsp3) is 0.387. The van der Waals surface area contributed by atoms with E-state index in [2.05, 4.69) is 25.6 Å². The number of carbonyl (C=O) groups excluding carboxylic acids is 2. The Morgan fingerprint density at radius 1 is 1.13 bits per heavy atom. The third-order valence-corrected chi connectivity index (χ3v) is 10.6. The summed E-state index contributed by atoms with van der Waals surface area (Å²) in [7, 11) is 0. The number of nitrogens with one attached hydrogen (secondary N) is 2. The van der Waals surface area contributed by atoms with Crippen LogP contribution in [0.3, 0.4) is 0 Å². The van der Waals surface area contributed by atoms with Crippen molar-refractivity contribution in [3.8, 4) is 17.0 Å². The molecule has 1 saturated heterocycles. The van der Waals surface area contributed by atoms with Crippen molar-refractivity contribution in [2.24, 2.45) is 11.1 Å². The lowest BCUT2D eigenvalue weighted by Gasteiger charge is -2.56. The zero-order chi connectivity index (χ0) is 33.0. The zero-order valence-corrected chi connectivity index (χ0v) is 26.6. The fourth-order valence-corrected chi connectivity index (χ4v) is 8.34. The van der Waals surface area contributed by atoms with Gasteiger partial charge < -0.3 is 36.8 Å². The Morgan fingerprint density at radius 2 is 1.91 bits per heavy atom. The van der Waals surface area contributed by atoms with E-state index in [4.69, 9.17) is 32.9 Å². The van der Waals surface area contributed by atoms with Gasteiger partial charge in [-0.15, -0.1) is 11.3 Å². The van der Waals surface area contributed by atoms with Gasteiger partial charge in [0, 0.05) is 36.8 Å². The van der Waals surface area contributed by atoms with E-state index >= 15 is 0 Å². The van der Waals surface area contributed by atoms with Crippen molar-refractivity contribution in [3.63, 3.8) is 0 Å². The molecular formula is C31H32ClFN8O5S. The number of fused-ring (bicyclic) bond motifs is 1. The van der Waals surface area contributed by atoms with E-state index in [1.807, 2.05) is 6.07 Å². The van der Waals surface area contributed by atoms with Gasteiger partial charge in [-0.3, -0.25) is 9.59 Å². The predicted molar refractivity (Wildman–Crippen MR) is 174 cm³/mol. The maximum absolute atomic E-state index is 14.7. The van der Waals surface area contributed by atoms with Gasteiger partial charge in [0.05, 0.1) is 27.4 Å². The Balaban J connectivity index is 1.05. The van der Waals surface area contributed by atoms with E-state index in [1.165, 1.54) is 18.5 Å². The average molecular weight is 683 g/mol. The van der Waals surface area contributed by atoms with Crippen molar-refractivity contribution < 1.29 is 28.6 Å². The molecule has 3 aliphatic rings. The number of ether oxygens (including phenoxy) is 1. The molecule has 47 heavy (non-hydrogen) atoms. The third kappa shape index (κ3) is 5.89. The largest absolute Gasteiger partial charge is 0.489 e. The van der Waals surface area contributed by atoms with Crippen molar-refractivity contribution in [1.29, 1.82) is 0 Å². The van der Waals surface area contributed by atoms with Crippen LogP contribution in [0.5, 0.6) is 5.75 Å². The van der Waals surface area contributed by atoms with Gasteiger partial charge in [-0.2, -0.15) is 5.10 Å². The number of carboxylic acid groups (broad SMARTS) is 1. The molecule has 2 aliphatic carbocycles. The third-order valence-electron chi connectivity index (χ3n) is 9.37. The average Bonchev–Trinajstić information content (AvgIpc) is 3.56. The summed E-state index contributed by atoms with van der Waals surface area (Å²) in [5.74, 6) is -1.19. The van der Waals surface area contributed by atoms with Crippen LogP contribution in [-0.4, -0.2) is 68.9 Å². The summed E-state index contributed by atoms with van der Waals surface area (Å²) < 4.78 is 23.0. The molecule has 3 aromatic heterocycles. The molecule has 4 aromatic rings. The van der Waals surface area contributed by atoms with Gasteiger partial charge in [0.15, 0.2) is 5.82 Å².